The molecule has 0 N–H and O–H groups in total. The first-order chi connectivity index (χ1) is 10.2. The fourth-order valence-electron chi connectivity index (χ4n) is 1.99. The number of aryl methyl sites for hydroxylation is 1. The van der Waals surface area contributed by atoms with Gasteiger partial charge in [0.05, 0.1) is 21.8 Å². The first kappa shape index (κ1) is 17.1. The predicted octanol–water partition coefficient (Wildman–Crippen LogP) is 4.10. The van der Waals surface area contributed by atoms with E-state index in [4.69, 9.17) is 40.2 Å². The molecule has 0 radical (unpaired) electrons. The zero-order valence-electron chi connectivity index (χ0n) is 13.1. The molecule has 0 spiro atoms. The summed E-state index contributed by atoms with van der Waals surface area (Å²) in [5, 5.41) is 5.36. The van der Waals surface area contributed by atoms with Crippen LogP contribution in [0.5, 0.6) is 5.75 Å². The van der Waals surface area contributed by atoms with Gasteiger partial charge in [-0.25, -0.2) is 4.68 Å². The van der Waals surface area contributed by atoms with Crippen molar-refractivity contribution in [2.45, 2.75) is 20.0 Å². The number of ether oxygens (including phenoxy) is 1. The normalized spacial score (nSPS) is 11.1. The molecule has 2 rings (SSSR count). The Kier molecular flexibility index (Phi) is 5.04. The Labute approximate surface area is 145 Å². The molecule has 0 bridgehead atoms. The SMILES string of the molecule is CC(C)Oc1cc(Cl)c(-n2c(N(C)C)nn(C)c2=S)cc1Cl. The van der Waals surface area contributed by atoms with Crippen LogP contribution in [-0.4, -0.2) is 34.5 Å². The second-order valence-electron chi connectivity index (χ2n) is 5.34. The number of rotatable bonds is 4. The molecule has 8 heteroatoms. The number of anilines is 1. The number of benzene rings is 1. The molecule has 0 aliphatic rings. The average Bonchev–Trinajstić information content (AvgIpc) is 2.70. The van der Waals surface area contributed by atoms with E-state index in [1.807, 2.05) is 32.8 Å². The van der Waals surface area contributed by atoms with Gasteiger partial charge in [-0.05, 0) is 32.1 Å². The van der Waals surface area contributed by atoms with Crippen molar-refractivity contribution in [1.82, 2.24) is 14.3 Å². The summed E-state index contributed by atoms with van der Waals surface area (Å²) in [5.74, 6) is 1.22. The molecule has 0 fully saturated rings. The van der Waals surface area contributed by atoms with Crippen molar-refractivity contribution < 1.29 is 4.74 Å². The van der Waals surface area contributed by atoms with E-state index in [1.54, 1.807) is 28.4 Å². The molecule has 22 heavy (non-hydrogen) atoms. The van der Waals surface area contributed by atoms with Crippen molar-refractivity contribution in [2.75, 3.05) is 19.0 Å². The third-order valence-corrected chi connectivity index (χ3v) is 3.96. The average molecular weight is 361 g/mol. The zero-order chi connectivity index (χ0) is 16.6. The van der Waals surface area contributed by atoms with E-state index in [0.29, 0.717) is 32.2 Å². The first-order valence-electron chi connectivity index (χ1n) is 6.71. The number of nitrogens with zero attached hydrogens (tertiary/aromatic N) is 4. The van der Waals surface area contributed by atoms with E-state index in [1.165, 1.54) is 0 Å². The number of halogens is 2. The lowest BCUT2D eigenvalue weighted by molar-refractivity contribution is 0.242. The molecule has 1 heterocycles. The van der Waals surface area contributed by atoms with Gasteiger partial charge in [0.25, 0.3) is 0 Å². The maximum atomic E-state index is 6.42. The van der Waals surface area contributed by atoms with E-state index in [-0.39, 0.29) is 6.10 Å². The molecule has 0 aliphatic carbocycles. The molecular weight excluding hydrogens is 343 g/mol. The Hall–Kier alpha value is -1.24. The maximum absolute atomic E-state index is 6.42. The van der Waals surface area contributed by atoms with Crippen molar-refractivity contribution in [3.8, 4) is 11.4 Å². The van der Waals surface area contributed by atoms with Crippen molar-refractivity contribution >= 4 is 41.4 Å². The Morgan fingerprint density at radius 1 is 1.23 bits per heavy atom. The van der Waals surface area contributed by atoms with E-state index in [2.05, 4.69) is 5.10 Å². The fourth-order valence-corrected chi connectivity index (χ4v) is 2.65. The smallest absolute Gasteiger partial charge is 0.230 e. The first-order valence-corrected chi connectivity index (χ1v) is 7.88. The number of hydrogen-bond acceptors (Lipinski definition) is 4. The van der Waals surface area contributed by atoms with E-state index >= 15 is 0 Å². The maximum Gasteiger partial charge on any atom is 0.230 e. The summed E-state index contributed by atoms with van der Waals surface area (Å²) >= 11 is 18.2. The summed E-state index contributed by atoms with van der Waals surface area (Å²) in [5.41, 5.74) is 0.671. The minimum Gasteiger partial charge on any atom is -0.489 e. The van der Waals surface area contributed by atoms with Gasteiger partial charge in [-0.1, -0.05) is 23.2 Å². The molecule has 0 saturated carbocycles. The molecule has 1 aromatic carbocycles. The zero-order valence-corrected chi connectivity index (χ0v) is 15.4. The van der Waals surface area contributed by atoms with Gasteiger partial charge in [0.1, 0.15) is 5.75 Å². The highest BCUT2D eigenvalue weighted by atomic mass is 35.5. The van der Waals surface area contributed by atoms with Crippen molar-refractivity contribution in [3.05, 3.63) is 26.9 Å². The van der Waals surface area contributed by atoms with Gasteiger partial charge in [0, 0.05) is 27.2 Å². The summed E-state index contributed by atoms with van der Waals surface area (Å²) in [4.78, 5) is 1.86. The van der Waals surface area contributed by atoms with E-state index in [9.17, 15) is 0 Å². The Morgan fingerprint density at radius 2 is 1.86 bits per heavy atom. The van der Waals surface area contributed by atoms with Crippen molar-refractivity contribution in [1.29, 1.82) is 0 Å². The molecule has 0 aliphatic heterocycles. The molecule has 0 unspecified atom stereocenters. The number of aromatic nitrogens is 3. The van der Waals surface area contributed by atoms with Gasteiger partial charge < -0.3 is 9.64 Å². The molecule has 1 aromatic heterocycles. The molecule has 0 atom stereocenters. The summed E-state index contributed by atoms with van der Waals surface area (Å²) in [6.45, 7) is 3.86. The van der Waals surface area contributed by atoms with Gasteiger partial charge in [0.2, 0.25) is 10.7 Å². The van der Waals surface area contributed by atoms with Crippen LogP contribution in [0.4, 0.5) is 5.95 Å². The van der Waals surface area contributed by atoms with Crippen molar-refractivity contribution in [3.63, 3.8) is 0 Å². The summed E-state index contributed by atoms with van der Waals surface area (Å²) in [7, 11) is 5.57. The topological polar surface area (TPSA) is 35.2 Å². The Balaban J connectivity index is 2.64. The summed E-state index contributed by atoms with van der Waals surface area (Å²) in [6, 6.07) is 3.44. The number of hydrogen-bond donors (Lipinski definition) is 0. The van der Waals surface area contributed by atoms with Gasteiger partial charge in [-0.2, -0.15) is 0 Å². The van der Waals surface area contributed by atoms with Crippen LogP contribution in [0.15, 0.2) is 12.1 Å². The van der Waals surface area contributed by atoms with Crippen LogP contribution >= 0.6 is 35.4 Å². The Morgan fingerprint density at radius 3 is 2.41 bits per heavy atom. The van der Waals surface area contributed by atoms with E-state index < -0.39 is 0 Å². The molecular formula is C14H18Cl2N4OS. The lowest BCUT2D eigenvalue weighted by Gasteiger charge is -2.17. The minimum atomic E-state index is 0.0114. The predicted molar refractivity (Wildman–Crippen MR) is 93.5 cm³/mol. The van der Waals surface area contributed by atoms with Crippen LogP contribution < -0.4 is 9.64 Å². The standard InChI is InChI=1S/C14H18Cl2N4OS/c1-8(2)21-12-7-9(15)11(6-10(12)16)20-13(18(3)4)17-19(5)14(20)22/h6-8H,1-5H3. The van der Waals surface area contributed by atoms with Crippen LogP contribution in [-0.2, 0) is 7.05 Å². The molecule has 2 aromatic rings. The van der Waals surface area contributed by atoms with Gasteiger partial charge >= 0.3 is 0 Å². The largest absolute Gasteiger partial charge is 0.489 e. The highest BCUT2D eigenvalue weighted by Crippen LogP contribution is 2.35. The van der Waals surface area contributed by atoms with Crippen LogP contribution in [0.3, 0.4) is 0 Å². The molecule has 120 valence electrons. The molecule has 0 amide bonds. The molecule has 0 saturated heterocycles. The third kappa shape index (κ3) is 3.24. The van der Waals surface area contributed by atoms with Gasteiger partial charge in [-0.15, -0.1) is 5.10 Å². The van der Waals surface area contributed by atoms with Crippen LogP contribution in [0.2, 0.25) is 10.0 Å². The van der Waals surface area contributed by atoms with Crippen LogP contribution in [0.25, 0.3) is 5.69 Å². The van der Waals surface area contributed by atoms with Gasteiger partial charge in [-0.3, -0.25) is 4.57 Å². The lowest BCUT2D eigenvalue weighted by atomic mass is 10.3. The molecule has 5 nitrogen and oxygen atoms in total. The van der Waals surface area contributed by atoms with Crippen molar-refractivity contribution in [2.24, 2.45) is 7.05 Å². The van der Waals surface area contributed by atoms with Crippen LogP contribution in [0.1, 0.15) is 13.8 Å². The third-order valence-electron chi connectivity index (χ3n) is 2.91. The second kappa shape index (κ2) is 6.48. The lowest BCUT2D eigenvalue weighted by Crippen LogP contribution is -2.15. The highest BCUT2D eigenvalue weighted by molar-refractivity contribution is 7.71. The van der Waals surface area contributed by atoms with E-state index in [0.717, 1.165) is 0 Å². The van der Waals surface area contributed by atoms with Gasteiger partial charge in [0.15, 0.2) is 0 Å². The quantitative estimate of drug-likeness (QED) is 0.768. The fraction of sp³-hybridized carbons (Fsp3) is 0.429. The monoisotopic (exact) mass is 360 g/mol. The Bertz CT molecular complexity index is 752. The highest BCUT2D eigenvalue weighted by Gasteiger charge is 2.17. The summed E-state index contributed by atoms with van der Waals surface area (Å²) < 4.78 is 9.57. The second-order valence-corrected chi connectivity index (χ2v) is 6.52. The van der Waals surface area contributed by atoms with Crippen LogP contribution in [0, 0.1) is 4.77 Å². The minimum absolute atomic E-state index is 0.0114. The summed E-state index contributed by atoms with van der Waals surface area (Å²) in [6.07, 6.45) is 0.0114.